The van der Waals surface area contributed by atoms with Crippen molar-refractivity contribution in [3.05, 3.63) is 0 Å². The Kier molecular flexibility index (Phi) is 6.55. The SMILES string of the molecule is CCCNC1CC(C)CC(C)C1N(C)C1CCCCC1C. The highest BCUT2D eigenvalue weighted by atomic mass is 15.2. The smallest absolute Gasteiger partial charge is 0.0275 e. The molecule has 2 fully saturated rings. The van der Waals surface area contributed by atoms with Crippen LogP contribution in [0.15, 0.2) is 0 Å². The van der Waals surface area contributed by atoms with Crippen molar-refractivity contribution in [1.29, 1.82) is 0 Å². The van der Waals surface area contributed by atoms with Crippen LogP contribution >= 0.6 is 0 Å². The third kappa shape index (κ3) is 4.22. The first-order valence-corrected chi connectivity index (χ1v) is 9.49. The summed E-state index contributed by atoms with van der Waals surface area (Å²) in [5.41, 5.74) is 0. The molecule has 2 nitrogen and oxygen atoms in total. The lowest BCUT2D eigenvalue weighted by atomic mass is 9.74. The summed E-state index contributed by atoms with van der Waals surface area (Å²) in [4.78, 5) is 2.79. The highest BCUT2D eigenvalue weighted by molar-refractivity contribution is 4.96. The van der Waals surface area contributed by atoms with Crippen molar-refractivity contribution in [3.8, 4) is 0 Å². The molecule has 21 heavy (non-hydrogen) atoms. The van der Waals surface area contributed by atoms with Gasteiger partial charge in [-0.05, 0) is 63.5 Å². The van der Waals surface area contributed by atoms with Crippen LogP contribution < -0.4 is 5.32 Å². The molecule has 0 aromatic rings. The van der Waals surface area contributed by atoms with Gasteiger partial charge >= 0.3 is 0 Å². The summed E-state index contributed by atoms with van der Waals surface area (Å²) in [7, 11) is 2.42. The summed E-state index contributed by atoms with van der Waals surface area (Å²) < 4.78 is 0. The van der Waals surface area contributed by atoms with Crippen LogP contribution in [0.25, 0.3) is 0 Å². The fraction of sp³-hybridized carbons (Fsp3) is 1.00. The molecule has 2 aliphatic rings. The van der Waals surface area contributed by atoms with Crippen molar-refractivity contribution in [3.63, 3.8) is 0 Å². The Hall–Kier alpha value is -0.0800. The molecular formula is C19H38N2. The zero-order valence-corrected chi connectivity index (χ0v) is 15.1. The maximum Gasteiger partial charge on any atom is 0.0275 e. The van der Waals surface area contributed by atoms with Crippen LogP contribution in [0.2, 0.25) is 0 Å². The van der Waals surface area contributed by atoms with Gasteiger partial charge in [0.05, 0.1) is 0 Å². The summed E-state index contributed by atoms with van der Waals surface area (Å²) in [5, 5.41) is 3.88. The largest absolute Gasteiger partial charge is 0.312 e. The molecule has 1 N–H and O–H groups in total. The number of hydrogen-bond donors (Lipinski definition) is 1. The van der Waals surface area contributed by atoms with Crippen LogP contribution in [-0.2, 0) is 0 Å². The number of likely N-dealkylation sites (N-methyl/N-ethyl adjacent to an activating group) is 1. The first-order chi connectivity index (χ1) is 10.0. The lowest BCUT2D eigenvalue weighted by Gasteiger charge is -2.49. The van der Waals surface area contributed by atoms with Gasteiger partial charge in [0, 0.05) is 18.1 Å². The summed E-state index contributed by atoms with van der Waals surface area (Å²) in [6.45, 7) is 10.9. The van der Waals surface area contributed by atoms with E-state index < -0.39 is 0 Å². The molecule has 0 radical (unpaired) electrons. The first-order valence-electron chi connectivity index (χ1n) is 9.49. The van der Waals surface area contributed by atoms with E-state index in [0.717, 1.165) is 29.8 Å². The fourth-order valence-electron chi connectivity index (χ4n) is 5.18. The van der Waals surface area contributed by atoms with E-state index in [0.29, 0.717) is 6.04 Å². The van der Waals surface area contributed by atoms with Crippen molar-refractivity contribution in [2.24, 2.45) is 17.8 Å². The summed E-state index contributed by atoms with van der Waals surface area (Å²) >= 11 is 0. The van der Waals surface area contributed by atoms with Gasteiger partial charge in [-0.25, -0.2) is 0 Å². The number of nitrogens with one attached hydrogen (secondary N) is 1. The van der Waals surface area contributed by atoms with E-state index in [2.05, 4.69) is 45.0 Å². The first kappa shape index (κ1) is 17.3. The van der Waals surface area contributed by atoms with Crippen LogP contribution in [0.5, 0.6) is 0 Å². The standard InChI is InChI=1S/C19H38N2/c1-6-11-20-17-13-14(2)12-16(4)19(17)21(5)18-10-8-7-9-15(18)3/h14-20H,6-13H2,1-5H3. The Morgan fingerprint density at radius 3 is 2.38 bits per heavy atom. The van der Waals surface area contributed by atoms with E-state index in [4.69, 9.17) is 0 Å². The Labute approximate surface area is 133 Å². The van der Waals surface area contributed by atoms with Crippen LogP contribution in [0.4, 0.5) is 0 Å². The van der Waals surface area contributed by atoms with Crippen molar-refractivity contribution in [2.75, 3.05) is 13.6 Å². The lowest BCUT2D eigenvalue weighted by Crippen LogP contribution is -2.59. The van der Waals surface area contributed by atoms with Gasteiger partial charge in [-0.1, -0.05) is 40.5 Å². The molecule has 0 heterocycles. The van der Waals surface area contributed by atoms with E-state index in [-0.39, 0.29) is 0 Å². The fourth-order valence-corrected chi connectivity index (χ4v) is 5.18. The number of hydrogen-bond acceptors (Lipinski definition) is 2. The zero-order chi connectivity index (χ0) is 15.4. The summed E-state index contributed by atoms with van der Waals surface area (Å²) in [5.74, 6) is 2.58. The third-order valence-corrected chi connectivity index (χ3v) is 6.14. The van der Waals surface area contributed by atoms with E-state index in [1.807, 2.05) is 0 Å². The van der Waals surface area contributed by atoms with Gasteiger partial charge in [0.1, 0.15) is 0 Å². The van der Waals surface area contributed by atoms with Gasteiger partial charge in [-0.15, -0.1) is 0 Å². The Balaban J connectivity index is 2.07. The minimum Gasteiger partial charge on any atom is -0.312 e. The van der Waals surface area contributed by atoms with Crippen LogP contribution in [0.1, 0.15) is 72.6 Å². The second-order valence-corrected chi connectivity index (χ2v) is 8.10. The maximum absolute atomic E-state index is 3.88. The monoisotopic (exact) mass is 294 g/mol. The molecule has 0 saturated heterocycles. The minimum absolute atomic E-state index is 0.697. The Morgan fingerprint density at radius 2 is 1.71 bits per heavy atom. The molecule has 2 heteroatoms. The van der Waals surface area contributed by atoms with Crippen LogP contribution in [-0.4, -0.2) is 36.6 Å². The Morgan fingerprint density at radius 1 is 1.00 bits per heavy atom. The molecule has 0 aromatic carbocycles. The minimum atomic E-state index is 0.697. The van der Waals surface area contributed by atoms with Crippen LogP contribution in [0.3, 0.4) is 0 Å². The van der Waals surface area contributed by atoms with Gasteiger partial charge in [0.15, 0.2) is 0 Å². The van der Waals surface area contributed by atoms with Gasteiger partial charge < -0.3 is 5.32 Å². The van der Waals surface area contributed by atoms with E-state index in [9.17, 15) is 0 Å². The quantitative estimate of drug-likeness (QED) is 0.813. The van der Waals surface area contributed by atoms with Gasteiger partial charge in [0.2, 0.25) is 0 Å². The summed E-state index contributed by atoms with van der Waals surface area (Å²) in [6, 6.07) is 2.24. The molecule has 2 aliphatic carbocycles. The topological polar surface area (TPSA) is 15.3 Å². The molecule has 6 atom stereocenters. The lowest BCUT2D eigenvalue weighted by molar-refractivity contribution is 0.0195. The molecule has 0 spiro atoms. The third-order valence-electron chi connectivity index (χ3n) is 6.14. The number of rotatable bonds is 5. The van der Waals surface area contributed by atoms with Crippen molar-refractivity contribution in [1.82, 2.24) is 10.2 Å². The average molecular weight is 295 g/mol. The van der Waals surface area contributed by atoms with Gasteiger partial charge in [-0.2, -0.15) is 0 Å². The predicted molar refractivity (Wildman–Crippen MR) is 92.6 cm³/mol. The molecule has 0 amide bonds. The van der Waals surface area contributed by atoms with E-state index in [1.165, 1.54) is 51.5 Å². The maximum atomic E-state index is 3.88. The molecule has 124 valence electrons. The van der Waals surface area contributed by atoms with Gasteiger partial charge in [0.25, 0.3) is 0 Å². The van der Waals surface area contributed by atoms with Gasteiger partial charge in [-0.3, -0.25) is 4.90 Å². The average Bonchev–Trinajstić information content (AvgIpc) is 2.44. The molecule has 0 bridgehead atoms. The molecule has 0 aromatic heterocycles. The molecular weight excluding hydrogens is 256 g/mol. The van der Waals surface area contributed by atoms with E-state index in [1.54, 1.807) is 0 Å². The highest BCUT2D eigenvalue weighted by Crippen LogP contribution is 2.36. The highest BCUT2D eigenvalue weighted by Gasteiger charge is 2.39. The molecule has 2 rings (SSSR count). The Bertz CT molecular complexity index is 304. The molecule has 0 aliphatic heterocycles. The van der Waals surface area contributed by atoms with Crippen LogP contribution in [0, 0.1) is 17.8 Å². The predicted octanol–water partition coefficient (Wildman–Crippen LogP) is 4.30. The molecule has 6 unspecified atom stereocenters. The molecule has 2 saturated carbocycles. The van der Waals surface area contributed by atoms with Crippen molar-refractivity contribution < 1.29 is 0 Å². The van der Waals surface area contributed by atoms with Crippen molar-refractivity contribution in [2.45, 2.75) is 90.8 Å². The number of nitrogens with zero attached hydrogens (tertiary/aromatic N) is 1. The van der Waals surface area contributed by atoms with E-state index >= 15 is 0 Å². The normalized spacial score (nSPS) is 41.4. The summed E-state index contributed by atoms with van der Waals surface area (Å²) in [6.07, 6.45) is 9.73. The zero-order valence-electron chi connectivity index (χ0n) is 15.1. The second kappa shape index (κ2) is 7.97. The van der Waals surface area contributed by atoms with Crippen molar-refractivity contribution >= 4 is 0 Å². The second-order valence-electron chi connectivity index (χ2n) is 8.10.